The van der Waals surface area contributed by atoms with Gasteiger partial charge >= 0.3 is 6.18 Å². The van der Waals surface area contributed by atoms with E-state index >= 15 is 0 Å². The molecule has 0 saturated heterocycles. The van der Waals surface area contributed by atoms with Crippen molar-refractivity contribution in [3.63, 3.8) is 0 Å². The summed E-state index contributed by atoms with van der Waals surface area (Å²) in [7, 11) is -2.63. The minimum absolute atomic E-state index is 0.00787. The maximum Gasteiger partial charge on any atom is 0.416 e. The zero-order valence-electron chi connectivity index (χ0n) is 17.5. The summed E-state index contributed by atoms with van der Waals surface area (Å²) in [6.45, 7) is -0.757. The number of hydrogen-bond acceptors (Lipinski definition) is 4. The molecule has 3 aromatic carbocycles. The van der Waals surface area contributed by atoms with Gasteiger partial charge in [0.1, 0.15) is 12.3 Å². The quantitative estimate of drug-likeness (QED) is 0.526. The molecular formula is C23H21F3N2O4S. The number of sulfonamides is 1. The van der Waals surface area contributed by atoms with Crippen molar-refractivity contribution in [3.8, 4) is 5.75 Å². The van der Waals surface area contributed by atoms with E-state index < -0.39 is 34.2 Å². The molecule has 0 spiro atoms. The minimum atomic E-state index is -4.51. The molecule has 0 aliphatic rings. The Labute approximate surface area is 189 Å². The van der Waals surface area contributed by atoms with Crippen LogP contribution in [-0.4, -0.2) is 28.0 Å². The number of halogens is 3. The molecule has 0 atom stereocenters. The first-order valence-electron chi connectivity index (χ1n) is 9.76. The topological polar surface area (TPSA) is 75.7 Å². The lowest BCUT2D eigenvalue weighted by Crippen LogP contribution is -2.40. The molecule has 0 bridgehead atoms. The van der Waals surface area contributed by atoms with Gasteiger partial charge in [-0.2, -0.15) is 13.2 Å². The van der Waals surface area contributed by atoms with Gasteiger partial charge in [-0.3, -0.25) is 9.10 Å². The zero-order chi connectivity index (χ0) is 24.1. The van der Waals surface area contributed by atoms with Gasteiger partial charge in [0.15, 0.2) is 0 Å². The Kier molecular flexibility index (Phi) is 7.27. The molecule has 174 valence electrons. The predicted molar refractivity (Wildman–Crippen MR) is 117 cm³/mol. The number of anilines is 1. The monoisotopic (exact) mass is 478 g/mol. The van der Waals surface area contributed by atoms with Crippen LogP contribution in [-0.2, 0) is 27.5 Å². The average Bonchev–Trinajstić information content (AvgIpc) is 2.81. The van der Waals surface area contributed by atoms with Crippen LogP contribution >= 0.6 is 0 Å². The summed E-state index contributed by atoms with van der Waals surface area (Å²) < 4.78 is 71.2. The molecule has 0 aliphatic carbocycles. The van der Waals surface area contributed by atoms with Crippen molar-refractivity contribution in [2.75, 3.05) is 18.0 Å². The van der Waals surface area contributed by atoms with Gasteiger partial charge in [-0.15, -0.1) is 0 Å². The smallest absolute Gasteiger partial charge is 0.416 e. The first-order valence-corrected chi connectivity index (χ1v) is 11.2. The lowest BCUT2D eigenvalue weighted by molar-refractivity contribution is -0.137. The number of amides is 1. The van der Waals surface area contributed by atoms with Crippen molar-refractivity contribution in [2.45, 2.75) is 17.6 Å². The van der Waals surface area contributed by atoms with Crippen LogP contribution in [0.4, 0.5) is 18.9 Å². The largest absolute Gasteiger partial charge is 0.497 e. The highest BCUT2D eigenvalue weighted by molar-refractivity contribution is 7.92. The number of rotatable bonds is 8. The van der Waals surface area contributed by atoms with E-state index in [0.717, 1.165) is 16.4 Å². The van der Waals surface area contributed by atoms with Gasteiger partial charge in [-0.1, -0.05) is 30.3 Å². The SMILES string of the molecule is COc1ccc(N(CC(=O)NCc2cccc(C(F)(F)F)c2)S(=O)(=O)c2ccccc2)cc1. The third kappa shape index (κ3) is 6.04. The molecule has 0 unspecified atom stereocenters. The van der Waals surface area contributed by atoms with Crippen LogP contribution in [0.5, 0.6) is 5.75 Å². The van der Waals surface area contributed by atoms with Crippen molar-refractivity contribution in [2.24, 2.45) is 0 Å². The Hall–Kier alpha value is -3.53. The zero-order valence-corrected chi connectivity index (χ0v) is 18.4. The summed E-state index contributed by atoms with van der Waals surface area (Å²) in [4.78, 5) is 12.6. The van der Waals surface area contributed by atoms with E-state index in [4.69, 9.17) is 4.74 Å². The summed E-state index contributed by atoms with van der Waals surface area (Å²) in [6, 6.07) is 18.3. The van der Waals surface area contributed by atoms with Crippen LogP contribution in [0.2, 0.25) is 0 Å². The van der Waals surface area contributed by atoms with Crippen LogP contribution in [0, 0.1) is 0 Å². The molecule has 0 heterocycles. The fourth-order valence-electron chi connectivity index (χ4n) is 3.03. The van der Waals surface area contributed by atoms with Crippen molar-refractivity contribution < 1.29 is 31.1 Å². The summed E-state index contributed by atoms with van der Waals surface area (Å²) >= 11 is 0. The van der Waals surface area contributed by atoms with E-state index in [0.29, 0.717) is 5.75 Å². The summed E-state index contributed by atoms with van der Waals surface area (Å²) in [5, 5.41) is 2.49. The van der Waals surface area contributed by atoms with Crippen LogP contribution in [0.3, 0.4) is 0 Å². The third-order valence-corrected chi connectivity index (χ3v) is 6.51. The van der Waals surface area contributed by atoms with Gasteiger partial charge in [-0.25, -0.2) is 8.42 Å². The highest BCUT2D eigenvalue weighted by atomic mass is 32.2. The number of ether oxygens (including phenoxy) is 1. The molecule has 10 heteroatoms. The second-order valence-electron chi connectivity index (χ2n) is 7.00. The van der Waals surface area contributed by atoms with Crippen LogP contribution < -0.4 is 14.4 Å². The Morgan fingerprint density at radius 3 is 2.24 bits per heavy atom. The van der Waals surface area contributed by atoms with E-state index in [1.54, 1.807) is 30.3 Å². The van der Waals surface area contributed by atoms with Gasteiger partial charge < -0.3 is 10.1 Å². The number of benzene rings is 3. The standard InChI is InChI=1S/C23H21F3N2O4S/c1-32-20-12-10-19(11-13-20)28(33(30,31)21-8-3-2-4-9-21)16-22(29)27-15-17-6-5-7-18(14-17)23(24,25)26/h2-14H,15-16H2,1H3,(H,27,29). The number of hydrogen-bond donors (Lipinski definition) is 1. The molecule has 0 saturated carbocycles. The van der Waals surface area contributed by atoms with Gasteiger partial charge in [0.25, 0.3) is 10.0 Å². The number of methoxy groups -OCH3 is 1. The van der Waals surface area contributed by atoms with Gasteiger partial charge in [0.05, 0.1) is 23.3 Å². The van der Waals surface area contributed by atoms with E-state index in [-0.39, 0.29) is 22.7 Å². The molecule has 0 aliphatic heterocycles. The Bertz CT molecular complexity index is 1200. The summed E-state index contributed by atoms with van der Waals surface area (Å²) in [6.07, 6.45) is -4.51. The molecule has 0 radical (unpaired) electrons. The molecule has 33 heavy (non-hydrogen) atoms. The molecular weight excluding hydrogens is 457 g/mol. The maximum atomic E-state index is 13.2. The molecule has 3 aromatic rings. The summed E-state index contributed by atoms with van der Waals surface area (Å²) in [5.41, 5.74) is -0.366. The van der Waals surface area contributed by atoms with Crippen LogP contribution in [0.1, 0.15) is 11.1 Å². The number of carbonyl (C=O) groups excluding carboxylic acids is 1. The summed E-state index contributed by atoms with van der Waals surface area (Å²) in [5.74, 6) is -0.174. The number of nitrogens with one attached hydrogen (secondary N) is 1. The van der Waals surface area contributed by atoms with Crippen LogP contribution in [0.25, 0.3) is 0 Å². The Balaban J connectivity index is 1.82. The van der Waals surface area contributed by atoms with Crippen molar-refractivity contribution >= 4 is 21.6 Å². The van der Waals surface area contributed by atoms with Gasteiger partial charge in [-0.05, 0) is 54.1 Å². The lowest BCUT2D eigenvalue weighted by atomic mass is 10.1. The molecule has 0 aromatic heterocycles. The van der Waals surface area contributed by atoms with Crippen LogP contribution in [0.15, 0.2) is 83.8 Å². The number of nitrogens with zero attached hydrogens (tertiary/aromatic N) is 1. The number of alkyl halides is 3. The predicted octanol–water partition coefficient (Wildman–Crippen LogP) is 4.23. The Morgan fingerprint density at radius 2 is 1.64 bits per heavy atom. The van der Waals surface area contributed by atoms with E-state index in [1.165, 1.54) is 43.5 Å². The molecule has 1 N–H and O–H groups in total. The van der Waals surface area contributed by atoms with Crippen molar-refractivity contribution in [1.29, 1.82) is 0 Å². The molecule has 1 amide bonds. The highest BCUT2D eigenvalue weighted by Gasteiger charge is 2.30. The van der Waals surface area contributed by atoms with E-state index in [2.05, 4.69) is 5.32 Å². The van der Waals surface area contributed by atoms with E-state index in [9.17, 15) is 26.4 Å². The Morgan fingerprint density at radius 1 is 0.970 bits per heavy atom. The van der Waals surface area contributed by atoms with Crippen molar-refractivity contribution in [1.82, 2.24) is 5.32 Å². The van der Waals surface area contributed by atoms with E-state index in [1.807, 2.05) is 0 Å². The van der Waals surface area contributed by atoms with Crippen molar-refractivity contribution in [3.05, 3.63) is 90.0 Å². The second-order valence-corrected chi connectivity index (χ2v) is 8.86. The molecule has 0 fully saturated rings. The second kappa shape index (κ2) is 9.95. The fourth-order valence-corrected chi connectivity index (χ4v) is 4.47. The lowest BCUT2D eigenvalue weighted by Gasteiger charge is -2.24. The maximum absolute atomic E-state index is 13.2. The fraction of sp³-hybridized carbons (Fsp3) is 0.174. The first-order chi connectivity index (χ1) is 15.6. The number of carbonyl (C=O) groups is 1. The van der Waals surface area contributed by atoms with Gasteiger partial charge in [0.2, 0.25) is 5.91 Å². The first kappa shape index (κ1) is 24.1. The van der Waals surface area contributed by atoms with Gasteiger partial charge in [0, 0.05) is 6.54 Å². The molecule has 3 rings (SSSR count). The molecule has 6 nitrogen and oxygen atoms in total. The average molecular weight is 478 g/mol. The normalized spacial score (nSPS) is 11.6. The minimum Gasteiger partial charge on any atom is -0.497 e. The third-order valence-electron chi connectivity index (χ3n) is 4.72. The highest BCUT2D eigenvalue weighted by Crippen LogP contribution is 2.29.